The van der Waals surface area contributed by atoms with Crippen LogP contribution in [0.25, 0.3) is 0 Å². The zero-order valence-electron chi connectivity index (χ0n) is 19.0. The van der Waals surface area contributed by atoms with Crippen molar-refractivity contribution in [3.8, 4) is 0 Å². The number of benzene rings is 2. The second-order valence-corrected chi connectivity index (χ2v) is 8.69. The molecule has 5 nitrogen and oxygen atoms in total. The van der Waals surface area contributed by atoms with Gasteiger partial charge >= 0.3 is 5.97 Å². The van der Waals surface area contributed by atoms with Crippen molar-refractivity contribution in [3.63, 3.8) is 0 Å². The fourth-order valence-electron chi connectivity index (χ4n) is 4.22. The van der Waals surface area contributed by atoms with E-state index in [1.54, 1.807) is 19.1 Å². The molecule has 32 heavy (non-hydrogen) atoms. The van der Waals surface area contributed by atoms with Gasteiger partial charge in [0.1, 0.15) is 0 Å². The molecule has 1 heterocycles. The van der Waals surface area contributed by atoms with Gasteiger partial charge in [0.05, 0.1) is 24.6 Å². The number of ether oxygens (including phenoxy) is 1. The monoisotopic (exact) mass is 456 g/mol. The molecular weight excluding hydrogens is 424 g/mol. The lowest BCUT2D eigenvalue weighted by Gasteiger charge is -2.33. The van der Waals surface area contributed by atoms with Crippen molar-refractivity contribution >= 4 is 29.2 Å². The van der Waals surface area contributed by atoms with Crippen LogP contribution in [0.4, 0.5) is 5.69 Å². The summed E-state index contributed by atoms with van der Waals surface area (Å²) in [5.41, 5.74) is 3.62. The fourth-order valence-corrected chi connectivity index (χ4v) is 4.38. The van der Waals surface area contributed by atoms with Crippen molar-refractivity contribution in [1.29, 1.82) is 0 Å². The quantitative estimate of drug-likeness (QED) is 0.491. The molecule has 0 bridgehead atoms. The van der Waals surface area contributed by atoms with Crippen LogP contribution in [0.5, 0.6) is 0 Å². The van der Waals surface area contributed by atoms with E-state index in [9.17, 15) is 9.59 Å². The highest BCUT2D eigenvalue weighted by atomic mass is 35.5. The Morgan fingerprint density at radius 1 is 1.06 bits per heavy atom. The van der Waals surface area contributed by atoms with Gasteiger partial charge in [0.15, 0.2) is 0 Å². The van der Waals surface area contributed by atoms with E-state index < -0.39 is 0 Å². The first-order valence-corrected chi connectivity index (χ1v) is 12.0. The number of rotatable bonds is 9. The molecule has 3 rings (SSSR count). The van der Waals surface area contributed by atoms with Gasteiger partial charge in [-0.3, -0.25) is 4.79 Å². The van der Waals surface area contributed by atoms with Crippen molar-refractivity contribution < 1.29 is 14.3 Å². The summed E-state index contributed by atoms with van der Waals surface area (Å²) in [4.78, 5) is 27.1. The van der Waals surface area contributed by atoms with E-state index in [4.69, 9.17) is 16.3 Å². The van der Waals surface area contributed by atoms with E-state index >= 15 is 0 Å². The summed E-state index contributed by atoms with van der Waals surface area (Å²) in [7, 11) is 0. The molecule has 6 heteroatoms. The van der Waals surface area contributed by atoms with Crippen LogP contribution in [-0.2, 0) is 16.0 Å². The standard InChI is InChI=1S/C26H33ClN2O3/c1-3-8-23(22-14-13-21(27)18-24(22)29-15-6-5-7-16-29)28-25(30)17-19-9-11-20(12-10-19)26(31)32-4-2/h9-14,18,23H,3-8,15-17H2,1-2H3,(H,28,30). The molecule has 0 aliphatic carbocycles. The topological polar surface area (TPSA) is 58.6 Å². The summed E-state index contributed by atoms with van der Waals surface area (Å²) in [6.45, 7) is 6.29. The predicted molar refractivity (Wildman–Crippen MR) is 129 cm³/mol. The number of carbonyl (C=O) groups is 2. The summed E-state index contributed by atoms with van der Waals surface area (Å²) >= 11 is 6.34. The normalized spacial score (nSPS) is 14.7. The Bertz CT molecular complexity index is 908. The number of nitrogens with one attached hydrogen (secondary N) is 1. The maximum Gasteiger partial charge on any atom is 0.338 e. The Hall–Kier alpha value is -2.53. The highest BCUT2D eigenvalue weighted by Gasteiger charge is 2.22. The van der Waals surface area contributed by atoms with Crippen LogP contribution in [0.3, 0.4) is 0 Å². The van der Waals surface area contributed by atoms with Crippen molar-refractivity contribution in [2.75, 3.05) is 24.6 Å². The molecule has 0 radical (unpaired) electrons. The second kappa shape index (κ2) is 11.9. The maximum atomic E-state index is 12.9. The van der Waals surface area contributed by atoms with Crippen LogP contribution in [0.15, 0.2) is 42.5 Å². The zero-order chi connectivity index (χ0) is 22.9. The molecule has 2 aromatic rings. The number of nitrogens with zero attached hydrogens (tertiary/aromatic N) is 1. The van der Waals surface area contributed by atoms with Gasteiger partial charge in [0, 0.05) is 23.8 Å². The van der Waals surface area contributed by atoms with E-state index in [2.05, 4.69) is 23.2 Å². The Morgan fingerprint density at radius 3 is 2.44 bits per heavy atom. The van der Waals surface area contributed by atoms with Gasteiger partial charge in [0.25, 0.3) is 0 Å². The number of esters is 1. The molecule has 0 aromatic heterocycles. The first-order chi connectivity index (χ1) is 15.5. The minimum absolute atomic E-state index is 0.0353. The number of anilines is 1. The van der Waals surface area contributed by atoms with Gasteiger partial charge in [-0.1, -0.05) is 43.1 Å². The molecule has 2 aromatic carbocycles. The molecule has 1 aliphatic rings. The van der Waals surface area contributed by atoms with E-state index in [-0.39, 0.29) is 24.3 Å². The van der Waals surface area contributed by atoms with Crippen molar-refractivity contribution in [2.24, 2.45) is 0 Å². The molecule has 1 fully saturated rings. The minimum Gasteiger partial charge on any atom is -0.462 e. The van der Waals surface area contributed by atoms with Gasteiger partial charge in [-0.05, 0) is 68.0 Å². The van der Waals surface area contributed by atoms with E-state index in [1.807, 2.05) is 24.3 Å². The molecule has 1 N–H and O–H groups in total. The largest absolute Gasteiger partial charge is 0.462 e. The number of amides is 1. The zero-order valence-corrected chi connectivity index (χ0v) is 19.8. The number of hydrogen-bond donors (Lipinski definition) is 1. The first-order valence-electron chi connectivity index (χ1n) is 11.6. The SMILES string of the molecule is CCCC(NC(=O)Cc1ccc(C(=O)OCC)cc1)c1ccc(Cl)cc1N1CCCCC1. The van der Waals surface area contributed by atoms with E-state index in [1.165, 1.54) is 19.3 Å². The van der Waals surface area contributed by atoms with Gasteiger partial charge in [-0.2, -0.15) is 0 Å². The van der Waals surface area contributed by atoms with Gasteiger partial charge in [-0.25, -0.2) is 4.79 Å². The lowest BCUT2D eigenvalue weighted by molar-refractivity contribution is -0.121. The molecule has 1 atom stereocenters. The summed E-state index contributed by atoms with van der Waals surface area (Å²) in [5, 5.41) is 3.96. The van der Waals surface area contributed by atoms with Crippen molar-refractivity contribution in [3.05, 3.63) is 64.2 Å². The van der Waals surface area contributed by atoms with Gasteiger partial charge in [0.2, 0.25) is 5.91 Å². The van der Waals surface area contributed by atoms with Crippen molar-refractivity contribution in [2.45, 2.75) is 58.4 Å². The molecular formula is C26H33ClN2O3. The highest BCUT2D eigenvalue weighted by molar-refractivity contribution is 6.30. The number of piperidine rings is 1. The Balaban J connectivity index is 1.72. The van der Waals surface area contributed by atoms with Crippen LogP contribution in [-0.4, -0.2) is 31.6 Å². The summed E-state index contributed by atoms with van der Waals surface area (Å²) < 4.78 is 5.02. The number of hydrogen-bond acceptors (Lipinski definition) is 4. The second-order valence-electron chi connectivity index (χ2n) is 8.25. The van der Waals surface area contributed by atoms with Gasteiger partial charge < -0.3 is 15.0 Å². The fraction of sp³-hybridized carbons (Fsp3) is 0.462. The molecule has 0 spiro atoms. The minimum atomic E-state index is -0.348. The van der Waals surface area contributed by atoms with Crippen LogP contribution in [0.2, 0.25) is 5.02 Å². The van der Waals surface area contributed by atoms with Crippen LogP contribution in [0.1, 0.15) is 73.5 Å². The summed E-state index contributed by atoms with van der Waals surface area (Å²) in [6.07, 6.45) is 5.70. The molecule has 172 valence electrons. The molecule has 1 aliphatic heterocycles. The Morgan fingerprint density at radius 2 is 1.78 bits per heavy atom. The van der Waals surface area contributed by atoms with Crippen LogP contribution >= 0.6 is 11.6 Å². The summed E-state index contributed by atoms with van der Waals surface area (Å²) in [6, 6.07) is 13.0. The van der Waals surface area contributed by atoms with Crippen LogP contribution in [0, 0.1) is 0 Å². The molecule has 1 unspecified atom stereocenters. The highest BCUT2D eigenvalue weighted by Crippen LogP contribution is 2.33. The third-order valence-electron chi connectivity index (χ3n) is 5.81. The summed E-state index contributed by atoms with van der Waals surface area (Å²) in [5.74, 6) is -0.383. The Kier molecular flexibility index (Phi) is 8.98. The lowest BCUT2D eigenvalue weighted by atomic mass is 9.97. The predicted octanol–water partition coefficient (Wildman–Crippen LogP) is 5.71. The molecule has 1 amide bonds. The Labute approximate surface area is 196 Å². The number of carbonyl (C=O) groups excluding carboxylic acids is 2. The van der Waals surface area contributed by atoms with Crippen molar-refractivity contribution in [1.82, 2.24) is 5.32 Å². The van der Waals surface area contributed by atoms with E-state index in [0.717, 1.165) is 47.8 Å². The van der Waals surface area contributed by atoms with Gasteiger partial charge in [-0.15, -0.1) is 0 Å². The average molecular weight is 457 g/mol. The average Bonchev–Trinajstić information content (AvgIpc) is 2.80. The third-order valence-corrected chi connectivity index (χ3v) is 6.04. The first kappa shape index (κ1) is 24.1. The maximum absolute atomic E-state index is 12.9. The smallest absolute Gasteiger partial charge is 0.338 e. The third kappa shape index (κ3) is 6.49. The number of halogens is 1. The van der Waals surface area contributed by atoms with Crippen LogP contribution < -0.4 is 10.2 Å². The molecule has 1 saturated heterocycles. The van der Waals surface area contributed by atoms with E-state index in [0.29, 0.717) is 12.2 Å². The lowest BCUT2D eigenvalue weighted by Crippen LogP contribution is -2.34. The molecule has 0 saturated carbocycles.